The molecule has 7 heteroatoms. The maximum atomic E-state index is 13.5. The molecule has 140 valence electrons. The van der Waals surface area contributed by atoms with Crippen LogP contribution in [0.4, 0.5) is 8.78 Å². The molecule has 0 fully saturated rings. The van der Waals surface area contributed by atoms with Crippen LogP contribution in [0.25, 0.3) is 10.9 Å². The first-order chi connectivity index (χ1) is 13.0. The molecule has 0 aliphatic heterocycles. The van der Waals surface area contributed by atoms with Crippen molar-refractivity contribution in [3.63, 3.8) is 0 Å². The minimum atomic E-state index is -0.814. The minimum Gasteiger partial charge on any atom is -0.331 e. The predicted molar refractivity (Wildman–Crippen MR) is 98.4 cm³/mol. The molecule has 2 aromatic carbocycles. The molecule has 27 heavy (non-hydrogen) atoms. The number of aromatic amines is 1. The van der Waals surface area contributed by atoms with Gasteiger partial charge in [0.15, 0.2) is 0 Å². The molecule has 1 amide bonds. The highest BCUT2D eigenvalue weighted by atomic mass is 19.1. The van der Waals surface area contributed by atoms with Crippen LogP contribution in [0.15, 0.2) is 47.3 Å². The Kier molecular flexibility index (Phi) is 5.59. The molecule has 1 heterocycles. The fraction of sp³-hybridized carbons (Fsp3) is 0.250. The molecule has 5 nitrogen and oxygen atoms in total. The fourth-order valence-electron chi connectivity index (χ4n) is 2.85. The molecular formula is C20H19F2N3O2. The summed E-state index contributed by atoms with van der Waals surface area (Å²) in [6.07, 6.45) is 1.55. The van der Waals surface area contributed by atoms with Crippen molar-refractivity contribution in [2.45, 2.75) is 26.3 Å². The Hall–Kier alpha value is -3.09. The lowest BCUT2D eigenvalue weighted by Crippen LogP contribution is -2.33. The van der Waals surface area contributed by atoms with Gasteiger partial charge in [0.2, 0.25) is 0 Å². The van der Waals surface area contributed by atoms with Crippen LogP contribution in [0.1, 0.15) is 35.9 Å². The van der Waals surface area contributed by atoms with Crippen molar-refractivity contribution in [2.75, 3.05) is 6.54 Å². The number of hydrogen-bond acceptors (Lipinski definition) is 3. The van der Waals surface area contributed by atoms with Crippen molar-refractivity contribution in [3.05, 3.63) is 75.8 Å². The van der Waals surface area contributed by atoms with Crippen molar-refractivity contribution in [3.8, 4) is 0 Å². The van der Waals surface area contributed by atoms with Crippen LogP contribution in [0.3, 0.4) is 0 Å². The van der Waals surface area contributed by atoms with E-state index < -0.39 is 17.5 Å². The number of nitrogens with zero attached hydrogens (tertiary/aromatic N) is 2. The van der Waals surface area contributed by atoms with Crippen LogP contribution in [0, 0.1) is 11.6 Å². The summed E-state index contributed by atoms with van der Waals surface area (Å²) < 4.78 is 27.0. The predicted octanol–water partition coefficient (Wildman–Crippen LogP) is 3.64. The Morgan fingerprint density at radius 3 is 2.56 bits per heavy atom. The third-order valence-electron chi connectivity index (χ3n) is 4.18. The van der Waals surface area contributed by atoms with Gasteiger partial charge in [0.05, 0.1) is 17.4 Å². The van der Waals surface area contributed by atoms with Crippen molar-refractivity contribution in [1.82, 2.24) is 14.9 Å². The summed E-state index contributed by atoms with van der Waals surface area (Å²) in [6.45, 7) is 2.39. The van der Waals surface area contributed by atoms with Crippen LogP contribution >= 0.6 is 0 Å². The molecular weight excluding hydrogens is 352 g/mol. The van der Waals surface area contributed by atoms with Gasteiger partial charge in [-0.05, 0) is 30.7 Å². The molecule has 0 aliphatic carbocycles. The van der Waals surface area contributed by atoms with Crippen LogP contribution in [0.2, 0.25) is 0 Å². The second-order valence-electron chi connectivity index (χ2n) is 6.27. The summed E-state index contributed by atoms with van der Waals surface area (Å²) in [4.78, 5) is 33.5. The smallest absolute Gasteiger partial charge is 0.258 e. The molecule has 0 saturated carbocycles. The lowest BCUT2D eigenvalue weighted by atomic mass is 10.1. The van der Waals surface area contributed by atoms with E-state index in [-0.39, 0.29) is 17.7 Å². The maximum absolute atomic E-state index is 13.5. The van der Waals surface area contributed by atoms with E-state index in [0.717, 1.165) is 24.6 Å². The highest BCUT2D eigenvalue weighted by Gasteiger charge is 2.19. The zero-order valence-electron chi connectivity index (χ0n) is 14.8. The van der Waals surface area contributed by atoms with E-state index in [0.29, 0.717) is 29.7 Å². The van der Waals surface area contributed by atoms with E-state index in [1.165, 1.54) is 4.90 Å². The summed E-state index contributed by atoms with van der Waals surface area (Å²) in [5, 5.41) is 0.458. The third-order valence-corrected chi connectivity index (χ3v) is 4.18. The number of hydrogen-bond donors (Lipinski definition) is 1. The van der Waals surface area contributed by atoms with Crippen molar-refractivity contribution >= 4 is 16.8 Å². The molecule has 3 aromatic rings. The van der Waals surface area contributed by atoms with Gasteiger partial charge in [0, 0.05) is 18.2 Å². The monoisotopic (exact) mass is 371 g/mol. The van der Waals surface area contributed by atoms with Crippen molar-refractivity contribution in [1.29, 1.82) is 0 Å². The summed E-state index contributed by atoms with van der Waals surface area (Å²) in [5.74, 6) is -1.82. The van der Waals surface area contributed by atoms with Crippen molar-refractivity contribution in [2.24, 2.45) is 0 Å². The number of fused-ring (bicyclic) bond motifs is 1. The highest BCUT2D eigenvalue weighted by molar-refractivity contribution is 5.94. The Morgan fingerprint density at radius 1 is 1.15 bits per heavy atom. The standard InChI is InChI=1S/C20H19F2N3O2/c1-2-3-8-25(20(27)13-9-14(21)11-15(22)10-13)12-18-23-17-7-5-4-6-16(17)19(26)24-18/h4-7,9-11H,2-3,8,12H2,1H3,(H,23,24,26). The largest absolute Gasteiger partial charge is 0.331 e. The average molecular weight is 371 g/mol. The van der Waals surface area contributed by atoms with Crippen molar-refractivity contribution < 1.29 is 13.6 Å². The van der Waals surface area contributed by atoms with Gasteiger partial charge >= 0.3 is 0 Å². The Bertz CT molecular complexity index is 1010. The number of para-hydroxylation sites is 1. The molecule has 0 aliphatic rings. The fourth-order valence-corrected chi connectivity index (χ4v) is 2.85. The molecule has 0 saturated heterocycles. The molecule has 1 N–H and O–H groups in total. The second-order valence-corrected chi connectivity index (χ2v) is 6.27. The van der Waals surface area contributed by atoms with Gasteiger partial charge in [0.25, 0.3) is 11.5 Å². The average Bonchev–Trinajstić information content (AvgIpc) is 2.64. The SMILES string of the molecule is CCCCN(Cc1nc2ccccc2c(=O)[nH]1)C(=O)c1cc(F)cc(F)c1. The number of H-pyrrole nitrogens is 1. The number of nitrogens with one attached hydrogen (secondary N) is 1. The lowest BCUT2D eigenvalue weighted by Gasteiger charge is -2.22. The molecule has 0 bridgehead atoms. The van der Waals surface area contributed by atoms with Crippen LogP contribution in [-0.4, -0.2) is 27.3 Å². The number of amides is 1. The Balaban J connectivity index is 1.93. The Morgan fingerprint density at radius 2 is 1.85 bits per heavy atom. The van der Waals surface area contributed by atoms with Crippen LogP contribution < -0.4 is 5.56 Å². The van der Waals surface area contributed by atoms with Gasteiger partial charge in [0.1, 0.15) is 17.5 Å². The zero-order chi connectivity index (χ0) is 19.4. The highest BCUT2D eigenvalue weighted by Crippen LogP contribution is 2.14. The molecule has 3 rings (SSSR count). The first kappa shape index (κ1) is 18.7. The summed E-state index contributed by atoms with van der Waals surface area (Å²) in [6, 6.07) is 9.62. The van der Waals surface area contributed by atoms with E-state index in [1.54, 1.807) is 24.3 Å². The molecule has 0 unspecified atom stereocenters. The number of carbonyl (C=O) groups is 1. The molecule has 0 atom stereocenters. The number of rotatable bonds is 6. The number of aromatic nitrogens is 2. The molecule has 0 radical (unpaired) electrons. The second kappa shape index (κ2) is 8.07. The quantitative estimate of drug-likeness (QED) is 0.719. The van der Waals surface area contributed by atoms with Gasteiger partial charge < -0.3 is 9.88 Å². The minimum absolute atomic E-state index is 0.0387. The summed E-state index contributed by atoms with van der Waals surface area (Å²) >= 11 is 0. The lowest BCUT2D eigenvalue weighted by molar-refractivity contribution is 0.0735. The van der Waals surface area contributed by atoms with E-state index in [4.69, 9.17) is 0 Å². The molecule has 1 aromatic heterocycles. The first-order valence-electron chi connectivity index (χ1n) is 8.71. The Labute approximate surface area is 154 Å². The van der Waals surface area contributed by atoms with Gasteiger partial charge in [-0.3, -0.25) is 9.59 Å². The number of benzene rings is 2. The van der Waals surface area contributed by atoms with Crippen LogP contribution in [0.5, 0.6) is 0 Å². The first-order valence-corrected chi connectivity index (χ1v) is 8.71. The van der Waals surface area contributed by atoms with E-state index in [1.807, 2.05) is 6.92 Å². The van der Waals surface area contributed by atoms with Gasteiger partial charge in [-0.25, -0.2) is 13.8 Å². The number of unbranched alkanes of at least 4 members (excludes halogenated alkanes) is 1. The zero-order valence-corrected chi connectivity index (χ0v) is 14.8. The van der Waals surface area contributed by atoms with E-state index in [2.05, 4.69) is 9.97 Å². The topological polar surface area (TPSA) is 66.1 Å². The normalized spacial score (nSPS) is 10.9. The van der Waals surface area contributed by atoms with E-state index >= 15 is 0 Å². The van der Waals surface area contributed by atoms with Gasteiger partial charge in [-0.15, -0.1) is 0 Å². The maximum Gasteiger partial charge on any atom is 0.258 e. The third kappa shape index (κ3) is 4.36. The summed E-state index contributed by atoms with van der Waals surface area (Å²) in [5.41, 5.74) is 0.151. The van der Waals surface area contributed by atoms with Gasteiger partial charge in [-0.2, -0.15) is 0 Å². The van der Waals surface area contributed by atoms with Crippen LogP contribution in [-0.2, 0) is 6.54 Å². The summed E-state index contributed by atoms with van der Waals surface area (Å²) in [7, 11) is 0. The number of halogens is 2. The van der Waals surface area contributed by atoms with Gasteiger partial charge in [-0.1, -0.05) is 25.5 Å². The molecule has 0 spiro atoms. The van der Waals surface area contributed by atoms with E-state index in [9.17, 15) is 18.4 Å². The number of carbonyl (C=O) groups excluding carboxylic acids is 1.